The molecule has 12 heteroatoms. The maximum absolute atomic E-state index is 13.8. The van der Waals surface area contributed by atoms with Gasteiger partial charge in [-0.1, -0.05) is 0 Å². The average molecular weight is 418 g/mol. The monoisotopic (exact) mass is 418 g/mol. The van der Waals surface area contributed by atoms with Gasteiger partial charge in [-0.25, -0.2) is 25.6 Å². The number of ether oxygens (including phenoxy) is 1. The third-order valence-corrected chi connectivity index (χ3v) is 6.01. The van der Waals surface area contributed by atoms with Gasteiger partial charge in [0.05, 0.1) is 16.3 Å². The number of benzene rings is 2. The van der Waals surface area contributed by atoms with Crippen molar-refractivity contribution >= 4 is 37.1 Å². The van der Waals surface area contributed by atoms with Crippen LogP contribution in [-0.2, 0) is 24.7 Å². The van der Waals surface area contributed by atoms with E-state index in [1.165, 1.54) is 0 Å². The van der Waals surface area contributed by atoms with Gasteiger partial charge in [-0.05, 0) is 24.3 Å². The quantitative estimate of drug-likeness (QED) is 0.777. The zero-order valence-corrected chi connectivity index (χ0v) is 15.2. The summed E-state index contributed by atoms with van der Waals surface area (Å²) < 4.78 is 83.0. The number of fused-ring (bicyclic) bond motifs is 1. The summed E-state index contributed by atoms with van der Waals surface area (Å²) in [5, 5.41) is 2.32. The Kier molecular flexibility index (Phi) is 4.56. The molecular formula is C15H12F2N2O6S2. The molecule has 1 aliphatic heterocycles. The van der Waals surface area contributed by atoms with Crippen LogP contribution in [0.15, 0.2) is 40.1 Å². The van der Waals surface area contributed by atoms with Crippen LogP contribution in [0.5, 0.6) is 5.75 Å². The molecule has 0 saturated carbocycles. The number of amides is 1. The van der Waals surface area contributed by atoms with Gasteiger partial charge in [0.2, 0.25) is 0 Å². The van der Waals surface area contributed by atoms with E-state index in [1.807, 2.05) is 4.72 Å². The second-order valence-corrected chi connectivity index (χ2v) is 9.30. The van der Waals surface area contributed by atoms with Crippen LogP contribution in [0, 0.1) is 11.6 Å². The first kappa shape index (κ1) is 19.0. The predicted molar refractivity (Wildman–Crippen MR) is 90.8 cm³/mol. The summed E-state index contributed by atoms with van der Waals surface area (Å²) in [6.07, 6.45) is 0.851. The van der Waals surface area contributed by atoms with E-state index < -0.39 is 59.5 Å². The summed E-state index contributed by atoms with van der Waals surface area (Å²) in [4.78, 5) is 10.5. The Balaban J connectivity index is 2.16. The number of anilines is 2. The standard InChI is InChI=1S/C15H12F2N2O6S2/c1-26(21,22)9-5-12-15(25-7-14(20)18-12)13(6-9)27(23,24)19-11-3-2-8(16)4-10(11)17/h2-6,19H,7H2,1H3,(H,18,20). The van der Waals surface area contributed by atoms with Crippen LogP contribution in [0.3, 0.4) is 0 Å². The first-order valence-electron chi connectivity index (χ1n) is 7.26. The molecule has 144 valence electrons. The lowest BCUT2D eigenvalue weighted by molar-refractivity contribution is -0.118. The summed E-state index contributed by atoms with van der Waals surface area (Å²) in [7, 11) is -8.39. The third-order valence-electron chi connectivity index (χ3n) is 3.54. The molecule has 0 unspecified atom stereocenters. The van der Waals surface area contributed by atoms with Gasteiger partial charge in [0.1, 0.15) is 16.5 Å². The highest BCUT2D eigenvalue weighted by molar-refractivity contribution is 7.93. The second-order valence-electron chi connectivity index (χ2n) is 5.64. The Labute approximate surface area is 153 Å². The maximum atomic E-state index is 13.8. The maximum Gasteiger partial charge on any atom is 0.265 e. The van der Waals surface area contributed by atoms with Crippen molar-refractivity contribution in [2.24, 2.45) is 0 Å². The molecule has 1 heterocycles. The molecule has 8 nitrogen and oxygen atoms in total. The lowest BCUT2D eigenvalue weighted by Crippen LogP contribution is -2.27. The van der Waals surface area contributed by atoms with E-state index in [4.69, 9.17) is 4.74 Å². The van der Waals surface area contributed by atoms with Crippen LogP contribution in [-0.4, -0.2) is 35.6 Å². The van der Waals surface area contributed by atoms with E-state index in [0.717, 1.165) is 30.5 Å². The fraction of sp³-hybridized carbons (Fsp3) is 0.133. The number of sulfone groups is 1. The molecule has 0 radical (unpaired) electrons. The fourth-order valence-corrected chi connectivity index (χ4v) is 4.33. The molecule has 1 amide bonds. The number of carbonyl (C=O) groups is 1. The zero-order valence-electron chi connectivity index (χ0n) is 13.6. The highest BCUT2D eigenvalue weighted by Crippen LogP contribution is 2.38. The Morgan fingerprint density at radius 2 is 1.81 bits per heavy atom. The summed E-state index contributed by atoms with van der Waals surface area (Å²) in [6.45, 7) is -0.487. The second kappa shape index (κ2) is 6.46. The molecule has 0 aliphatic carbocycles. The van der Waals surface area contributed by atoms with Gasteiger partial charge in [-0.3, -0.25) is 9.52 Å². The molecule has 0 aromatic heterocycles. The summed E-state index contributed by atoms with van der Waals surface area (Å²) in [5.41, 5.74) is -0.705. The van der Waals surface area contributed by atoms with E-state index in [2.05, 4.69) is 5.32 Å². The Bertz CT molecular complexity index is 1160. The van der Waals surface area contributed by atoms with Gasteiger partial charge in [0.15, 0.2) is 22.2 Å². The Morgan fingerprint density at radius 1 is 1.11 bits per heavy atom. The molecular weight excluding hydrogens is 406 g/mol. The Morgan fingerprint density at radius 3 is 2.44 bits per heavy atom. The fourth-order valence-electron chi connectivity index (χ4n) is 2.33. The van der Waals surface area contributed by atoms with Gasteiger partial charge in [0, 0.05) is 12.3 Å². The van der Waals surface area contributed by atoms with Crippen molar-refractivity contribution in [1.29, 1.82) is 0 Å². The molecule has 0 spiro atoms. The average Bonchev–Trinajstić information content (AvgIpc) is 2.55. The molecule has 2 aromatic rings. The van der Waals surface area contributed by atoms with Crippen molar-refractivity contribution in [1.82, 2.24) is 0 Å². The molecule has 0 atom stereocenters. The molecule has 27 heavy (non-hydrogen) atoms. The molecule has 1 aliphatic rings. The first-order chi connectivity index (χ1) is 12.5. The SMILES string of the molecule is CS(=O)(=O)c1cc2c(c(S(=O)(=O)Nc3ccc(F)cc3F)c1)OCC(=O)N2. The molecule has 2 N–H and O–H groups in total. The van der Waals surface area contributed by atoms with E-state index in [0.29, 0.717) is 6.07 Å². The minimum Gasteiger partial charge on any atom is -0.480 e. The zero-order chi connectivity index (χ0) is 20.0. The molecule has 2 aromatic carbocycles. The lowest BCUT2D eigenvalue weighted by atomic mass is 10.2. The summed E-state index contributed by atoms with van der Waals surface area (Å²) >= 11 is 0. The minimum atomic E-state index is -4.54. The number of carbonyl (C=O) groups excluding carboxylic acids is 1. The van der Waals surface area contributed by atoms with E-state index in [-0.39, 0.29) is 11.4 Å². The van der Waals surface area contributed by atoms with Crippen molar-refractivity contribution < 1.29 is 35.1 Å². The van der Waals surface area contributed by atoms with Crippen LogP contribution in [0.1, 0.15) is 0 Å². The summed E-state index contributed by atoms with van der Waals surface area (Å²) in [6, 6.07) is 4.09. The van der Waals surface area contributed by atoms with Crippen molar-refractivity contribution in [3.8, 4) is 5.75 Å². The number of nitrogens with one attached hydrogen (secondary N) is 2. The van der Waals surface area contributed by atoms with Crippen LogP contribution in [0.25, 0.3) is 0 Å². The number of sulfonamides is 1. The normalized spacial score (nSPS) is 14.1. The predicted octanol–water partition coefficient (Wildman–Crippen LogP) is 1.50. The number of hydrogen-bond donors (Lipinski definition) is 2. The van der Waals surface area contributed by atoms with Crippen molar-refractivity contribution in [3.05, 3.63) is 42.0 Å². The minimum absolute atomic E-state index is 0.158. The molecule has 0 fully saturated rings. The highest BCUT2D eigenvalue weighted by Gasteiger charge is 2.30. The van der Waals surface area contributed by atoms with Gasteiger partial charge >= 0.3 is 0 Å². The van der Waals surface area contributed by atoms with Crippen molar-refractivity contribution in [2.75, 3.05) is 22.9 Å². The topological polar surface area (TPSA) is 119 Å². The van der Waals surface area contributed by atoms with Crippen LogP contribution >= 0.6 is 0 Å². The smallest absolute Gasteiger partial charge is 0.265 e. The van der Waals surface area contributed by atoms with E-state index in [9.17, 15) is 30.4 Å². The van der Waals surface area contributed by atoms with Gasteiger partial charge in [0.25, 0.3) is 15.9 Å². The number of hydrogen-bond acceptors (Lipinski definition) is 6. The van der Waals surface area contributed by atoms with Crippen LogP contribution in [0.2, 0.25) is 0 Å². The van der Waals surface area contributed by atoms with Crippen molar-refractivity contribution in [3.63, 3.8) is 0 Å². The van der Waals surface area contributed by atoms with E-state index in [1.54, 1.807) is 0 Å². The Hall–Kier alpha value is -2.73. The largest absolute Gasteiger partial charge is 0.480 e. The van der Waals surface area contributed by atoms with Gasteiger partial charge < -0.3 is 10.1 Å². The van der Waals surface area contributed by atoms with Gasteiger partial charge in [-0.2, -0.15) is 0 Å². The first-order valence-corrected chi connectivity index (χ1v) is 10.6. The van der Waals surface area contributed by atoms with Gasteiger partial charge in [-0.15, -0.1) is 0 Å². The highest BCUT2D eigenvalue weighted by atomic mass is 32.2. The number of halogens is 2. The summed E-state index contributed by atoms with van der Waals surface area (Å²) in [5.74, 6) is -2.97. The van der Waals surface area contributed by atoms with Crippen molar-refractivity contribution in [2.45, 2.75) is 9.79 Å². The lowest BCUT2D eigenvalue weighted by Gasteiger charge is -2.22. The molecule has 3 rings (SSSR count). The van der Waals surface area contributed by atoms with E-state index >= 15 is 0 Å². The van der Waals surface area contributed by atoms with Crippen LogP contribution in [0.4, 0.5) is 20.2 Å². The third kappa shape index (κ3) is 3.85. The molecule has 0 bridgehead atoms. The molecule has 0 saturated heterocycles. The number of rotatable bonds is 4. The van der Waals surface area contributed by atoms with Crippen LogP contribution < -0.4 is 14.8 Å².